The van der Waals surface area contributed by atoms with Crippen molar-refractivity contribution in [2.75, 3.05) is 26.4 Å². The smallest absolute Gasteiger partial charge is 0.273 e. The number of carbonyl (C=O) groups excluding carboxylic acids is 1. The summed E-state index contributed by atoms with van der Waals surface area (Å²) < 4.78 is 18.3. The third kappa shape index (κ3) is 5.08. The predicted molar refractivity (Wildman–Crippen MR) is 131 cm³/mol. The highest BCUT2D eigenvalue weighted by molar-refractivity contribution is 7.15. The van der Waals surface area contributed by atoms with Crippen molar-refractivity contribution in [1.82, 2.24) is 9.88 Å². The lowest BCUT2D eigenvalue weighted by molar-refractivity contribution is -0.0115. The number of aromatic nitrogens is 1. The number of carbonyl (C=O) groups is 1. The standard InChI is InChI=1S/C25H28N2O4S2/c1-16-6-7-23(33-16)18-11-19-13-27(25(28)21-15-32-17(2)26-21)8-10-30-24(19)22(12-18)31-14-20-5-3-4-9-29-20/h6-7,11-12,15,20H,3-5,8-10,13-14H2,1-2H3. The Labute approximate surface area is 202 Å². The summed E-state index contributed by atoms with van der Waals surface area (Å²) in [4.78, 5) is 21.8. The van der Waals surface area contributed by atoms with Crippen molar-refractivity contribution in [2.24, 2.45) is 0 Å². The number of thiophene rings is 1. The van der Waals surface area contributed by atoms with Crippen molar-refractivity contribution >= 4 is 28.6 Å². The van der Waals surface area contributed by atoms with Crippen molar-refractivity contribution < 1.29 is 19.0 Å². The maximum Gasteiger partial charge on any atom is 0.273 e. The molecule has 0 saturated carbocycles. The lowest BCUT2D eigenvalue weighted by atomic mass is 10.1. The molecule has 0 aliphatic carbocycles. The van der Waals surface area contributed by atoms with Crippen LogP contribution in [0.1, 0.15) is 45.2 Å². The third-order valence-corrected chi connectivity index (χ3v) is 7.77. The summed E-state index contributed by atoms with van der Waals surface area (Å²) in [6, 6.07) is 8.45. The molecule has 174 valence electrons. The molecule has 1 aromatic carbocycles. The Hall–Kier alpha value is -2.42. The van der Waals surface area contributed by atoms with E-state index in [2.05, 4.69) is 36.2 Å². The van der Waals surface area contributed by atoms with Gasteiger partial charge in [-0.05, 0) is 62.9 Å². The Balaban J connectivity index is 1.46. The molecule has 5 rings (SSSR count). The highest BCUT2D eigenvalue weighted by atomic mass is 32.1. The second-order valence-electron chi connectivity index (χ2n) is 8.50. The van der Waals surface area contributed by atoms with E-state index in [0.717, 1.165) is 47.1 Å². The van der Waals surface area contributed by atoms with E-state index in [1.165, 1.54) is 27.5 Å². The minimum atomic E-state index is -0.0637. The molecule has 0 N–H and O–H groups in total. The van der Waals surface area contributed by atoms with Crippen LogP contribution in [0.3, 0.4) is 0 Å². The van der Waals surface area contributed by atoms with Gasteiger partial charge in [0.1, 0.15) is 18.9 Å². The van der Waals surface area contributed by atoms with Crippen LogP contribution < -0.4 is 9.47 Å². The molecule has 1 fully saturated rings. The topological polar surface area (TPSA) is 60.9 Å². The highest BCUT2D eigenvalue weighted by Crippen LogP contribution is 2.40. The van der Waals surface area contributed by atoms with E-state index in [9.17, 15) is 4.79 Å². The van der Waals surface area contributed by atoms with Crippen LogP contribution in [-0.4, -0.2) is 48.3 Å². The fourth-order valence-electron chi connectivity index (χ4n) is 4.24. The zero-order valence-electron chi connectivity index (χ0n) is 19.0. The van der Waals surface area contributed by atoms with E-state index in [-0.39, 0.29) is 12.0 Å². The van der Waals surface area contributed by atoms with Crippen LogP contribution in [0.15, 0.2) is 29.6 Å². The Bertz CT molecular complexity index is 1130. The lowest BCUT2D eigenvalue weighted by Crippen LogP contribution is -2.32. The van der Waals surface area contributed by atoms with Crippen LogP contribution in [-0.2, 0) is 11.3 Å². The number of nitrogens with zero attached hydrogens (tertiary/aromatic N) is 2. The molecule has 3 aromatic rings. The van der Waals surface area contributed by atoms with Crippen molar-refractivity contribution in [3.63, 3.8) is 0 Å². The Morgan fingerprint density at radius 3 is 2.88 bits per heavy atom. The molecule has 8 heteroatoms. The number of amides is 1. The Morgan fingerprint density at radius 1 is 1.24 bits per heavy atom. The summed E-state index contributed by atoms with van der Waals surface area (Å²) in [5.74, 6) is 1.39. The van der Waals surface area contributed by atoms with E-state index in [1.807, 2.05) is 17.2 Å². The average molecular weight is 485 g/mol. The van der Waals surface area contributed by atoms with E-state index in [1.54, 1.807) is 11.3 Å². The molecular formula is C25H28N2O4S2. The molecule has 0 radical (unpaired) electrons. The maximum atomic E-state index is 13.1. The molecule has 0 bridgehead atoms. The first-order valence-corrected chi connectivity index (χ1v) is 13.1. The molecule has 1 atom stereocenters. The summed E-state index contributed by atoms with van der Waals surface area (Å²) >= 11 is 3.24. The van der Waals surface area contributed by atoms with Gasteiger partial charge in [0, 0.05) is 33.8 Å². The van der Waals surface area contributed by atoms with Gasteiger partial charge in [-0.3, -0.25) is 4.79 Å². The Morgan fingerprint density at radius 2 is 2.15 bits per heavy atom. The third-order valence-electron chi connectivity index (χ3n) is 5.95. The first kappa shape index (κ1) is 22.4. The van der Waals surface area contributed by atoms with Gasteiger partial charge in [-0.25, -0.2) is 4.98 Å². The van der Waals surface area contributed by atoms with Crippen molar-refractivity contribution in [3.8, 4) is 21.9 Å². The summed E-state index contributed by atoms with van der Waals surface area (Å²) in [5.41, 5.74) is 2.53. The fraction of sp³-hybridized carbons (Fsp3) is 0.440. The molecule has 33 heavy (non-hydrogen) atoms. The largest absolute Gasteiger partial charge is 0.487 e. The van der Waals surface area contributed by atoms with Crippen LogP contribution >= 0.6 is 22.7 Å². The van der Waals surface area contributed by atoms with Gasteiger partial charge >= 0.3 is 0 Å². The summed E-state index contributed by atoms with van der Waals surface area (Å²) in [6.45, 7) is 6.69. The molecule has 0 spiro atoms. The van der Waals surface area contributed by atoms with Gasteiger partial charge in [0.2, 0.25) is 0 Å². The summed E-state index contributed by atoms with van der Waals surface area (Å²) in [6.07, 6.45) is 3.41. The zero-order valence-corrected chi connectivity index (χ0v) is 20.6. The SMILES string of the molecule is Cc1ccc(-c2cc3c(c(OCC4CCCCO4)c2)OCCN(C(=O)c2csc(C)n2)C3)s1. The molecule has 2 aliphatic heterocycles. The van der Waals surface area contributed by atoms with Crippen LogP contribution in [0.2, 0.25) is 0 Å². The van der Waals surface area contributed by atoms with E-state index in [4.69, 9.17) is 14.2 Å². The fourth-order valence-corrected chi connectivity index (χ4v) is 5.68. The molecule has 2 aromatic heterocycles. The zero-order chi connectivity index (χ0) is 22.8. The second kappa shape index (κ2) is 9.83. The molecule has 6 nitrogen and oxygen atoms in total. The number of thiazole rings is 1. The van der Waals surface area contributed by atoms with Gasteiger partial charge in [0.15, 0.2) is 11.5 Å². The summed E-state index contributed by atoms with van der Waals surface area (Å²) in [5, 5.41) is 2.72. The number of benzene rings is 1. The van der Waals surface area contributed by atoms with Crippen LogP contribution in [0, 0.1) is 13.8 Å². The van der Waals surface area contributed by atoms with E-state index in [0.29, 0.717) is 32.0 Å². The molecular weight excluding hydrogens is 456 g/mol. The first-order chi connectivity index (χ1) is 16.1. The van der Waals surface area contributed by atoms with Crippen molar-refractivity contribution in [2.45, 2.75) is 45.8 Å². The maximum absolute atomic E-state index is 13.1. The van der Waals surface area contributed by atoms with Crippen LogP contribution in [0.5, 0.6) is 11.5 Å². The number of hydrogen-bond acceptors (Lipinski definition) is 7. The minimum Gasteiger partial charge on any atom is -0.487 e. The van der Waals surface area contributed by atoms with Gasteiger partial charge in [-0.1, -0.05) is 0 Å². The van der Waals surface area contributed by atoms with Gasteiger partial charge in [0.05, 0.1) is 17.7 Å². The predicted octanol–water partition coefficient (Wildman–Crippen LogP) is 5.47. The quantitative estimate of drug-likeness (QED) is 0.481. The van der Waals surface area contributed by atoms with Gasteiger partial charge in [-0.15, -0.1) is 22.7 Å². The van der Waals surface area contributed by atoms with Crippen LogP contribution in [0.25, 0.3) is 10.4 Å². The number of hydrogen-bond donors (Lipinski definition) is 0. The van der Waals surface area contributed by atoms with E-state index < -0.39 is 0 Å². The molecule has 1 saturated heterocycles. The molecule has 4 heterocycles. The Kier molecular flexibility index (Phi) is 6.66. The summed E-state index contributed by atoms with van der Waals surface area (Å²) in [7, 11) is 0. The number of fused-ring (bicyclic) bond motifs is 1. The average Bonchev–Trinajstić information content (AvgIpc) is 3.39. The highest BCUT2D eigenvalue weighted by Gasteiger charge is 2.26. The van der Waals surface area contributed by atoms with E-state index >= 15 is 0 Å². The second-order valence-corrected chi connectivity index (χ2v) is 10.8. The van der Waals surface area contributed by atoms with Gasteiger partial charge in [-0.2, -0.15) is 0 Å². The number of rotatable bonds is 5. The monoisotopic (exact) mass is 484 g/mol. The minimum absolute atomic E-state index is 0.0637. The number of aryl methyl sites for hydroxylation is 2. The normalized spacial score (nSPS) is 18.4. The number of ether oxygens (including phenoxy) is 3. The molecule has 1 unspecified atom stereocenters. The van der Waals surface area contributed by atoms with Gasteiger partial charge in [0.25, 0.3) is 5.91 Å². The lowest BCUT2D eigenvalue weighted by Gasteiger charge is -2.24. The van der Waals surface area contributed by atoms with Gasteiger partial charge < -0.3 is 19.1 Å². The van der Waals surface area contributed by atoms with Crippen molar-refractivity contribution in [1.29, 1.82) is 0 Å². The molecule has 1 amide bonds. The van der Waals surface area contributed by atoms with Crippen LogP contribution in [0.4, 0.5) is 0 Å². The van der Waals surface area contributed by atoms with Crippen molar-refractivity contribution in [3.05, 3.63) is 50.8 Å². The first-order valence-electron chi connectivity index (χ1n) is 11.4. The molecule has 2 aliphatic rings.